The molecule has 0 saturated carbocycles. The van der Waals surface area contributed by atoms with E-state index in [1.165, 1.54) is 50.4 Å². The number of benzene rings is 3. The van der Waals surface area contributed by atoms with Gasteiger partial charge < -0.3 is 10.2 Å². The molecule has 0 saturated heterocycles. The summed E-state index contributed by atoms with van der Waals surface area (Å²) >= 11 is 17.8. The number of carbonyl (C=O) groups excluding carboxylic acids is 2. The Hall–Kier alpha value is -2.99. The molecule has 14 heteroatoms. The lowest BCUT2D eigenvalue weighted by Crippen LogP contribution is -2.50. The third-order valence-corrected chi connectivity index (χ3v) is 8.76. The van der Waals surface area contributed by atoms with Crippen molar-refractivity contribution in [3.63, 3.8) is 0 Å². The molecule has 0 aliphatic heterocycles. The summed E-state index contributed by atoms with van der Waals surface area (Å²) in [6.45, 7) is 0.311. The normalized spacial score (nSPS) is 12.5. The van der Waals surface area contributed by atoms with Gasteiger partial charge in [0, 0.05) is 13.6 Å². The first-order valence-electron chi connectivity index (χ1n) is 11.6. The molecule has 0 aromatic heterocycles. The van der Waals surface area contributed by atoms with Crippen molar-refractivity contribution in [1.29, 1.82) is 0 Å². The second-order valence-electron chi connectivity index (χ2n) is 8.55. The molecule has 0 heterocycles. The van der Waals surface area contributed by atoms with Crippen LogP contribution in [0.15, 0.2) is 71.6 Å². The molecule has 0 unspecified atom stereocenters. The largest absolute Gasteiger partial charge is 0.417 e. The highest BCUT2D eigenvalue weighted by Gasteiger charge is 2.36. The lowest BCUT2D eigenvalue weighted by atomic mass is 10.1. The zero-order valence-corrected chi connectivity index (χ0v) is 24.1. The average Bonchev–Trinajstić information content (AvgIpc) is 2.91. The van der Waals surface area contributed by atoms with Crippen molar-refractivity contribution in [3.8, 4) is 0 Å². The molecule has 0 radical (unpaired) electrons. The molecular weight excluding hydrogens is 614 g/mol. The average molecular weight is 637 g/mol. The molecule has 1 N–H and O–H groups in total. The van der Waals surface area contributed by atoms with Crippen molar-refractivity contribution in [3.05, 3.63) is 92.9 Å². The molecule has 7 nitrogen and oxygen atoms in total. The number of hydrogen-bond acceptors (Lipinski definition) is 4. The van der Waals surface area contributed by atoms with Gasteiger partial charge in [0.05, 0.1) is 31.2 Å². The first kappa shape index (κ1) is 31.5. The lowest BCUT2D eigenvalue weighted by Gasteiger charge is -2.32. The minimum Gasteiger partial charge on any atom is -0.357 e. The third-order valence-electron chi connectivity index (χ3n) is 5.90. The molecule has 3 aromatic rings. The van der Waals surface area contributed by atoms with Crippen molar-refractivity contribution in [1.82, 2.24) is 10.2 Å². The maximum atomic E-state index is 13.7. The molecule has 0 spiro atoms. The van der Waals surface area contributed by atoms with Crippen molar-refractivity contribution in [2.45, 2.75) is 30.6 Å². The zero-order chi connectivity index (χ0) is 29.8. The quantitative estimate of drug-likeness (QED) is 0.311. The second kappa shape index (κ2) is 12.7. The Morgan fingerprint density at radius 3 is 2.12 bits per heavy atom. The van der Waals surface area contributed by atoms with Gasteiger partial charge in [0.15, 0.2) is 0 Å². The van der Waals surface area contributed by atoms with Gasteiger partial charge in [-0.15, -0.1) is 0 Å². The molecule has 1 atom stereocenters. The summed E-state index contributed by atoms with van der Waals surface area (Å²) in [5, 5.41) is 2.23. The molecule has 214 valence electrons. The maximum Gasteiger partial charge on any atom is 0.417 e. The molecule has 0 aliphatic rings. The van der Waals surface area contributed by atoms with Gasteiger partial charge in [0.2, 0.25) is 11.8 Å². The minimum absolute atomic E-state index is 0.183. The topological polar surface area (TPSA) is 86.8 Å². The number of carbonyl (C=O) groups is 2. The molecule has 40 heavy (non-hydrogen) atoms. The Labute approximate surface area is 244 Å². The van der Waals surface area contributed by atoms with Crippen LogP contribution in [0.2, 0.25) is 15.1 Å². The fraction of sp³-hybridized carbons (Fsp3) is 0.231. The van der Waals surface area contributed by atoms with Crippen LogP contribution in [-0.4, -0.2) is 44.8 Å². The first-order chi connectivity index (χ1) is 18.7. The molecule has 2 amide bonds. The number of sulfonamides is 1. The number of halogens is 6. The van der Waals surface area contributed by atoms with Crippen LogP contribution in [-0.2, 0) is 32.3 Å². The van der Waals surface area contributed by atoms with E-state index in [1.807, 2.05) is 0 Å². The van der Waals surface area contributed by atoms with Gasteiger partial charge in [-0.25, -0.2) is 8.42 Å². The first-order valence-corrected chi connectivity index (χ1v) is 14.1. The Morgan fingerprint density at radius 2 is 1.55 bits per heavy atom. The number of rotatable bonds is 9. The summed E-state index contributed by atoms with van der Waals surface area (Å²) in [7, 11) is -3.20. The molecule has 0 bridgehead atoms. The Balaban J connectivity index is 2.12. The van der Waals surface area contributed by atoms with E-state index >= 15 is 0 Å². The van der Waals surface area contributed by atoms with E-state index in [0.29, 0.717) is 15.9 Å². The summed E-state index contributed by atoms with van der Waals surface area (Å²) in [5.74, 6) is -1.43. The maximum absolute atomic E-state index is 13.7. The standard InChI is InChI=1S/C26H23Cl3F3N3O4S/c1-16(25(37)33-2)34(14-17-8-10-22(28)23(29)12-17)24(36)15-35(40(38,39)19-6-4-3-5-7-19)18-9-11-21(27)20(13-18)26(30,31)32/h3-13,16H,14-15H2,1-2H3,(H,33,37)/t16-/m1/s1. The summed E-state index contributed by atoms with van der Waals surface area (Å²) in [6, 6.07) is 12.9. The number of nitrogens with zero attached hydrogens (tertiary/aromatic N) is 2. The van der Waals surface area contributed by atoms with Crippen LogP contribution < -0.4 is 9.62 Å². The monoisotopic (exact) mass is 635 g/mol. The Kier molecular flexibility index (Phi) is 9.99. The molecule has 0 aliphatic carbocycles. The van der Waals surface area contributed by atoms with E-state index in [9.17, 15) is 31.2 Å². The fourth-order valence-electron chi connectivity index (χ4n) is 3.76. The van der Waals surface area contributed by atoms with E-state index in [1.54, 1.807) is 12.1 Å². The predicted octanol–water partition coefficient (Wildman–Crippen LogP) is 6.02. The number of likely N-dealkylation sites (N-methyl/N-ethyl adjacent to an activating group) is 1. The minimum atomic E-state index is -4.90. The summed E-state index contributed by atoms with van der Waals surface area (Å²) < 4.78 is 68.8. The number of anilines is 1. The van der Waals surface area contributed by atoms with Crippen LogP contribution in [0, 0.1) is 0 Å². The molecular formula is C26H23Cl3F3N3O4S. The highest BCUT2D eigenvalue weighted by atomic mass is 35.5. The lowest BCUT2D eigenvalue weighted by molar-refractivity contribution is -0.139. The molecule has 0 fully saturated rings. The number of amides is 2. The highest BCUT2D eigenvalue weighted by molar-refractivity contribution is 7.92. The molecule has 3 rings (SSSR count). The summed E-state index contributed by atoms with van der Waals surface area (Å²) in [4.78, 5) is 27.0. The summed E-state index contributed by atoms with van der Waals surface area (Å²) in [5.41, 5.74) is -1.25. The van der Waals surface area contributed by atoms with Crippen LogP contribution in [0.4, 0.5) is 18.9 Å². The van der Waals surface area contributed by atoms with Gasteiger partial charge in [0.25, 0.3) is 10.0 Å². The van der Waals surface area contributed by atoms with E-state index in [2.05, 4.69) is 5.32 Å². The van der Waals surface area contributed by atoms with Crippen LogP contribution in [0.3, 0.4) is 0 Å². The van der Waals surface area contributed by atoms with E-state index in [0.717, 1.165) is 17.0 Å². The number of nitrogens with one attached hydrogen (secondary N) is 1. The van der Waals surface area contributed by atoms with Gasteiger partial charge in [-0.1, -0.05) is 59.1 Å². The van der Waals surface area contributed by atoms with Gasteiger partial charge in [-0.3, -0.25) is 13.9 Å². The zero-order valence-electron chi connectivity index (χ0n) is 21.0. The van der Waals surface area contributed by atoms with Gasteiger partial charge >= 0.3 is 6.18 Å². The number of hydrogen-bond donors (Lipinski definition) is 1. The summed E-state index contributed by atoms with van der Waals surface area (Å²) in [6.07, 6.45) is -4.90. The van der Waals surface area contributed by atoms with Crippen LogP contribution in [0.25, 0.3) is 0 Å². The van der Waals surface area contributed by atoms with Crippen molar-refractivity contribution < 1.29 is 31.2 Å². The van der Waals surface area contributed by atoms with Crippen LogP contribution in [0.1, 0.15) is 18.1 Å². The van der Waals surface area contributed by atoms with E-state index < -0.39 is 56.9 Å². The van der Waals surface area contributed by atoms with Gasteiger partial charge in [-0.05, 0) is 55.0 Å². The highest BCUT2D eigenvalue weighted by Crippen LogP contribution is 2.38. The smallest absolute Gasteiger partial charge is 0.357 e. The fourth-order valence-corrected chi connectivity index (χ4v) is 5.73. The third kappa shape index (κ3) is 7.20. The van der Waals surface area contributed by atoms with Gasteiger partial charge in [-0.2, -0.15) is 13.2 Å². The van der Waals surface area contributed by atoms with Gasteiger partial charge in [0.1, 0.15) is 12.6 Å². The van der Waals surface area contributed by atoms with Crippen LogP contribution >= 0.6 is 34.8 Å². The SMILES string of the molecule is CNC(=O)[C@@H](C)N(Cc1ccc(Cl)c(Cl)c1)C(=O)CN(c1ccc(Cl)c(C(F)(F)F)c1)S(=O)(=O)c1ccccc1. The van der Waals surface area contributed by atoms with Crippen LogP contribution in [0.5, 0.6) is 0 Å². The number of alkyl halides is 3. The van der Waals surface area contributed by atoms with Crippen molar-refractivity contribution in [2.24, 2.45) is 0 Å². The second-order valence-corrected chi connectivity index (χ2v) is 11.6. The molecule has 3 aromatic carbocycles. The van der Waals surface area contributed by atoms with Crippen molar-refractivity contribution in [2.75, 3.05) is 17.9 Å². The predicted molar refractivity (Wildman–Crippen MR) is 148 cm³/mol. The Bertz CT molecular complexity index is 1510. The van der Waals surface area contributed by atoms with E-state index in [4.69, 9.17) is 34.8 Å². The Morgan fingerprint density at radius 1 is 0.925 bits per heavy atom. The van der Waals surface area contributed by atoms with Crippen molar-refractivity contribution >= 4 is 62.3 Å². The van der Waals surface area contributed by atoms with E-state index in [-0.39, 0.29) is 21.5 Å².